The fourth-order valence-electron chi connectivity index (χ4n) is 2.98. The van der Waals surface area contributed by atoms with Crippen molar-refractivity contribution in [1.29, 1.82) is 0 Å². The summed E-state index contributed by atoms with van der Waals surface area (Å²) in [6.45, 7) is 0. The maximum Gasteiger partial charge on any atom is 0.272 e. The van der Waals surface area contributed by atoms with Crippen LogP contribution in [0.1, 0.15) is 15.9 Å². The van der Waals surface area contributed by atoms with Gasteiger partial charge in [-0.1, -0.05) is 47.5 Å². The van der Waals surface area contributed by atoms with Gasteiger partial charge in [0.15, 0.2) is 0 Å². The Hall–Kier alpha value is -3.28. The van der Waals surface area contributed by atoms with Crippen LogP contribution in [-0.2, 0) is 0 Å². The van der Waals surface area contributed by atoms with Crippen LogP contribution in [0, 0.1) is 5.82 Å². The van der Waals surface area contributed by atoms with E-state index in [0.717, 1.165) is 0 Å². The van der Waals surface area contributed by atoms with Crippen LogP contribution in [0.5, 0.6) is 0 Å². The van der Waals surface area contributed by atoms with Crippen molar-refractivity contribution in [2.45, 2.75) is 0 Å². The first-order chi connectivity index (χ1) is 14.5. The molecule has 0 aliphatic rings. The fourth-order valence-corrected chi connectivity index (χ4v) is 3.48. The predicted octanol–water partition coefficient (Wildman–Crippen LogP) is 6.11. The number of pyridine rings is 1. The van der Waals surface area contributed by atoms with Crippen molar-refractivity contribution in [1.82, 2.24) is 10.4 Å². The van der Waals surface area contributed by atoms with Crippen molar-refractivity contribution >= 4 is 46.2 Å². The second kappa shape index (κ2) is 8.61. The van der Waals surface area contributed by atoms with Crippen LogP contribution in [0.3, 0.4) is 0 Å². The topological polar surface area (TPSA) is 54.4 Å². The fraction of sp³-hybridized carbons (Fsp3) is 0. The maximum atomic E-state index is 13.3. The van der Waals surface area contributed by atoms with Gasteiger partial charge in [-0.25, -0.2) is 14.8 Å². The molecule has 0 saturated heterocycles. The molecule has 1 N–H and O–H groups in total. The summed E-state index contributed by atoms with van der Waals surface area (Å²) in [5, 5.41) is 5.52. The Morgan fingerprint density at radius 1 is 0.967 bits per heavy atom. The minimum Gasteiger partial charge on any atom is -0.267 e. The van der Waals surface area contributed by atoms with Gasteiger partial charge in [0.2, 0.25) is 0 Å². The zero-order chi connectivity index (χ0) is 21.1. The summed E-state index contributed by atoms with van der Waals surface area (Å²) in [7, 11) is 0. The summed E-state index contributed by atoms with van der Waals surface area (Å²) >= 11 is 12.2. The molecule has 4 nitrogen and oxygen atoms in total. The van der Waals surface area contributed by atoms with Crippen LogP contribution in [-0.4, -0.2) is 17.1 Å². The summed E-state index contributed by atoms with van der Waals surface area (Å²) < 4.78 is 13.3. The van der Waals surface area contributed by atoms with E-state index in [2.05, 4.69) is 15.5 Å². The zero-order valence-corrected chi connectivity index (χ0v) is 17.0. The molecule has 148 valence electrons. The number of carbonyl (C=O) groups excluding carboxylic acids is 1. The minimum absolute atomic E-state index is 0.343. The van der Waals surface area contributed by atoms with Gasteiger partial charge in [-0.15, -0.1) is 0 Å². The number of halogens is 3. The number of fused-ring (bicyclic) bond motifs is 1. The van der Waals surface area contributed by atoms with E-state index in [-0.39, 0.29) is 5.82 Å². The first-order valence-corrected chi connectivity index (χ1v) is 9.71. The average molecular weight is 438 g/mol. The average Bonchev–Trinajstić information content (AvgIpc) is 2.75. The molecule has 0 saturated carbocycles. The molecule has 0 spiro atoms. The Morgan fingerprint density at radius 3 is 2.40 bits per heavy atom. The van der Waals surface area contributed by atoms with Gasteiger partial charge in [0.05, 0.1) is 33.0 Å². The van der Waals surface area contributed by atoms with E-state index in [1.807, 2.05) is 18.2 Å². The van der Waals surface area contributed by atoms with E-state index in [1.165, 1.54) is 18.3 Å². The molecule has 1 amide bonds. The predicted molar refractivity (Wildman–Crippen MR) is 119 cm³/mol. The lowest BCUT2D eigenvalue weighted by Crippen LogP contribution is -2.18. The Labute approximate surface area is 182 Å². The highest BCUT2D eigenvalue weighted by atomic mass is 35.5. The van der Waals surface area contributed by atoms with Crippen LogP contribution >= 0.6 is 23.2 Å². The third kappa shape index (κ3) is 4.17. The lowest BCUT2D eigenvalue weighted by molar-refractivity contribution is 0.0956. The SMILES string of the molecule is O=C(NN=Cc1c(Cl)cccc1Cl)c1cc(-c2ccc(F)cc2)nc2ccccc12. The number of hydrazone groups is 1. The van der Waals surface area contributed by atoms with Crippen molar-refractivity contribution < 1.29 is 9.18 Å². The van der Waals surface area contributed by atoms with Gasteiger partial charge < -0.3 is 0 Å². The molecule has 0 radical (unpaired) electrons. The van der Waals surface area contributed by atoms with Gasteiger partial charge in [0, 0.05) is 16.5 Å². The smallest absolute Gasteiger partial charge is 0.267 e. The van der Waals surface area contributed by atoms with E-state index in [9.17, 15) is 9.18 Å². The van der Waals surface area contributed by atoms with Crippen LogP contribution in [0.2, 0.25) is 10.0 Å². The van der Waals surface area contributed by atoms with E-state index in [0.29, 0.717) is 43.3 Å². The highest BCUT2D eigenvalue weighted by molar-refractivity contribution is 6.38. The molecule has 0 aliphatic carbocycles. The second-order valence-electron chi connectivity index (χ2n) is 6.41. The van der Waals surface area contributed by atoms with E-state index < -0.39 is 5.91 Å². The van der Waals surface area contributed by atoms with Crippen molar-refractivity contribution in [3.05, 3.63) is 99.8 Å². The second-order valence-corrected chi connectivity index (χ2v) is 7.23. The summed E-state index contributed by atoms with van der Waals surface area (Å²) in [4.78, 5) is 17.5. The molecule has 1 heterocycles. The molecule has 3 aromatic carbocycles. The summed E-state index contributed by atoms with van der Waals surface area (Å²) in [5.41, 5.74) is 5.30. The first kappa shape index (κ1) is 20.0. The van der Waals surface area contributed by atoms with Crippen LogP contribution in [0.25, 0.3) is 22.2 Å². The summed E-state index contributed by atoms with van der Waals surface area (Å²) in [6, 6.07) is 20.0. The lowest BCUT2D eigenvalue weighted by Gasteiger charge is -2.09. The third-order valence-electron chi connectivity index (χ3n) is 4.46. The molecule has 1 aromatic heterocycles. The van der Waals surface area contributed by atoms with Gasteiger partial charge in [-0.05, 0) is 48.5 Å². The molecule has 30 heavy (non-hydrogen) atoms. The van der Waals surface area contributed by atoms with E-state index >= 15 is 0 Å². The number of nitrogens with one attached hydrogen (secondary N) is 1. The molecular weight excluding hydrogens is 424 g/mol. The molecular formula is C23H14Cl2FN3O. The number of amides is 1. The number of carbonyl (C=O) groups is 1. The monoisotopic (exact) mass is 437 g/mol. The molecule has 4 aromatic rings. The third-order valence-corrected chi connectivity index (χ3v) is 5.12. The highest BCUT2D eigenvalue weighted by Crippen LogP contribution is 2.25. The van der Waals surface area contributed by atoms with Crippen molar-refractivity contribution in [3.63, 3.8) is 0 Å². The molecule has 7 heteroatoms. The number of aromatic nitrogens is 1. The number of hydrogen-bond acceptors (Lipinski definition) is 3. The maximum absolute atomic E-state index is 13.3. The Balaban J connectivity index is 1.69. The molecule has 0 aliphatic heterocycles. The number of benzene rings is 3. The van der Waals surface area contributed by atoms with E-state index in [1.54, 1.807) is 42.5 Å². The number of hydrogen-bond donors (Lipinski definition) is 1. The van der Waals surface area contributed by atoms with E-state index in [4.69, 9.17) is 23.2 Å². The largest absolute Gasteiger partial charge is 0.272 e. The summed E-state index contributed by atoms with van der Waals surface area (Å²) in [5.74, 6) is -0.763. The number of nitrogens with zero attached hydrogens (tertiary/aromatic N) is 2. The number of para-hydroxylation sites is 1. The quantitative estimate of drug-likeness (QED) is 0.309. The molecule has 4 rings (SSSR count). The Kier molecular flexibility index (Phi) is 5.74. The molecule has 0 atom stereocenters. The highest BCUT2D eigenvalue weighted by Gasteiger charge is 2.14. The van der Waals surface area contributed by atoms with Gasteiger partial charge >= 0.3 is 0 Å². The van der Waals surface area contributed by atoms with Gasteiger partial charge in [-0.3, -0.25) is 4.79 Å². The van der Waals surface area contributed by atoms with Crippen molar-refractivity contribution in [2.75, 3.05) is 0 Å². The lowest BCUT2D eigenvalue weighted by atomic mass is 10.0. The normalized spacial score (nSPS) is 11.2. The molecule has 0 bridgehead atoms. The molecule has 0 unspecified atom stereocenters. The first-order valence-electron chi connectivity index (χ1n) is 8.96. The van der Waals surface area contributed by atoms with Crippen molar-refractivity contribution in [2.24, 2.45) is 5.10 Å². The van der Waals surface area contributed by atoms with Crippen molar-refractivity contribution in [3.8, 4) is 11.3 Å². The molecule has 0 fully saturated rings. The van der Waals surface area contributed by atoms with Gasteiger partial charge in [0.25, 0.3) is 5.91 Å². The Morgan fingerprint density at radius 2 is 1.67 bits per heavy atom. The minimum atomic E-state index is -0.420. The van der Waals surface area contributed by atoms with Crippen LogP contribution in [0.15, 0.2) is 77.9 Å². The Bertz CT molecular complexity index is 1250. The van der Waals surface area contributed by atoms with Gasteiger partial charge in [-0.2, -0.15) is 5.10 Å². The van der Waals surface area contributed by atoms with Crippen LogP contribution < -0.4 is 5.43 Å². The zero-order valence-electron chi connectivity index (χ0n) is 15.4. The standard InChI is InChI=1S/C23H14Cl2FN3O/c24-19-5-3-6-20(25)18(19)13-27-29-23(30)17-12-22(14-8-10-15(26)11-9-14)28-21-7-2-1-4-16(17)21/h1-13H,(H,29,30). The van der Waals surface area contributed by atoms with Crippen LogP contribution in [0.4, 0.5) is 4.39 Å². The summed E-state index contributed by atoms with van der Waals surface area (Å²) in [6.07, 6.45) is 1.40. The van der Waals surface area contributed by atoms with Gasteiger partial charge in [0.1, 0.15) is 5.82 Å². The number of rotatable bonds is 4.